The van der Waals surface area contributed by atoms with Crippen LogP contribution in [0.15, 0.2) is 33.6 Å². The molecule has 0 amide bonds. The maximum Gasteiger partial charge on any atom is 0.182 e. The summed E-state index contributed by atoms with van der Waals surface area (Å²) in [6.45, 7) is 4.32. The Bertz CT molecular complexity index is 652. The summed E-state index contributed by atoms with van der Waals surface area (Å²) < 4.78 is 0. The number of hydrogen-bond acceptors (Lipinski definition) is 5. The average molecular weight is 322 g/mol. The molecule has 0 saturated carbocycles. The SMILES string of the molecule is Cc1sc(C)c2c1SCC(CC1=CC(=O)C=CC1=O)S2. The van der Waals surface area contributed by atoms with E-state index in [1.54, 1.807) is 0 Å². The zero-order valence-electron chi connectivity index (χ0n) is 11.3. The van der Waals surface area contributed by atoms with Crippen LogP contribution in [0, 0.1) is 13.8 Å². The van der Waals surface area contributed by atoms with Crippen molar-refractivity contribution >= 4 is 46.4 Å². The second-order valence-electron chi connectivity index (χ2n) is 4.90. The van der Waals surface area contributed by atoms with Gasteiger partial charge in [0.2, 0.25) is 0 Å². The second kappa shape index (κ2) is 5.54. The number of thioether (sulfide) groups is 2. The first-order valence-electron chi connectivity index (χ1n) is 6.41. The molecular formula is C15H14O2S3. The van der Waals surface area contributed by atoms with E-state index in [4.69, 9.17) is 0 Å². The lowest BCUT2D eigenvalue weighted by atomic mass is 9.99. The zero-order valence-corrected chi connectivity index (χ0v) is 13.7. The van der Waals surface area contributed by atoms with Gasteiger partial charge in [0.1, 0.15) is 0 Å². The molecule has 1 aliphatic carbocycles. The minimum absolute atomic E-state index is 0.0146. The fourth-order valence-corrected chi connectivity index (χ4v) is 6.71. The molecule has 0 spiro atoms. The Kier molecular flexibility index (Phi) is 3.93. The van der Waals surface area contributed by atoms with Crippen LogP contribution in [0.25, 0.3) is 0 Å². The van der Waals surface area contributed by atoms with Crippen LogP contribution in [-0.4, -0.2) is 22.6 Å². The summed E-state index contributed by atoms with van der Waals surface area (Å²) in [4.78, 5) is 28.7. The van der Waals surface area contributed by atoms with E-state index in [0.717, 1.165) is 5.75 Å². The minimum Gasteiger partial charge on any atom is -0.290 e. The summed E-state index contributed by atoms with van der Waals surface area (Å²) in [7, 11) is 0. The number of allylic oxidation sites excluding steroid dienone is 4. The van der Waals surface area contributed by atoms with Crippen molar-refractivity contribution < 1.29 is 9.59 Å². The van der Waals surface area contributed by atoms with Gasteiger partial charge >= 0.3 is 0 Å². The average Bonchev–Trinajstić information content (AvgIpc) is 2.69. The van der Waals surface area contributed by atoms with Gasteiger partial charge in [0.15, 0.2) is 11.6 Å². The smallest absolute Gasteiger partial charge is 0.182 e. The first-order chi connectivity index (χ1) is 9.54. The first-order valence-corrected chi connectivity index (χ1v) is 9.09. The summed E-state index contributed by atoms with van der Waals surface area (Å²) in [5, 5.41) is 0.370. The van der Waals surface area contributed by atoms with Crippen molar-refractivity contribution in [3.8, 4) is 0 Å². The van der Waals surface area contributed by atoms with Gasteiger partial charge in [0.25, 0.3) is 0 Å². The van der Waals surface area contributed by atoms with E-state index in [0.29, 0.717) is 17.2 Å². The molecule has 3 rings (SSSR count). The largest absolute Gasteiger partial charge is 0.290 e. The Morgan fingerprint density at radius 2 is 1.90 bits per heavy atom. The fraction of sp³-hybridized carbons (Fsp3) is 0.333. The van der Waals surface area contributed by atoms with Crippen LogP contribution in [0.5, 0.6) is 0 Å². The number of fused-ring (bicyclic) bond motifs is 1. The molecule has 0 fully saturated rings. The van der Waals surface area contributed by atoms with Crippen LogP contribution in [0.2, 0.25) is 0 Å². The highest BCUT2D eigenvalue weighted by Crippen LogP contribution is 2.49. The highest BCUT2D eigenvalue weighted by molar-refractivity contribution is 8.06. The Balaban J connectivity index is 1.76. The van der Waals surface area contributed by atoms with E-state index in [2.05, 4.69) is 13.8 Å². The number of ketones is 2. The highest BCUT2D eigenvalue weighted by atomic mass is 32.2. The van der Waals surface area contributed by atoms with Crippen LogP contribution in [0.1, 0.15) is 16.2 Å². The summed E-state index contributed by atoms with van der Waals surface area (Å²) >= 11 is 5.59. The number of aryl methyl sites for hydroxylation is 2. The zero-order chi connectivity index (χ0) is 14.3. The number of thiophene rings is 1. The molecule has 1 aliphatic heterocycles. The third-order valence-electron chi connectivity index (χ3n) is 3.33. The standard InChI is InChI=1S/C15H14O2S3/c1-8-14-15(9(2)19-8)20-12(7-18-14)6-10-5-11(16)3-4-13(10)17/h3-5,12H,6-7H2,1-2H3. The number of rotatable bonds is 2. The molecule has 1 atom stereocenters. The molecule has 0 N–H and O–H groups in total. The van der Waals surface area contributed by atoms with E-state index >= 15 is 0 Å². The summed E-state index contributed by atoms with van der Waals surface area (Å²) in [5.41, 5.74) is 0.656. The molecule has 2 heterocycles. The van der Waals surface area contributed by atoms with Crippen LogP contribution in [-0.2, 0) is 9.59 Å². The first kappa shape index (κ1) is 14.2. The van der Waals surface area contributed by atoms with Crippen molar-refractivity contribution in [2.75, 3.05) is 5.75 Å². The number of carbonyl (C=O) groups excluding carboxylic acids is 2. The van der Waals surface area contributed by atoms with E-state index < -0.39 is 0 Å². The third-order valence-corrected chi connectivity index (χ3v) is 7.73. The molecule has 0 radical (unpaired) electrons. The van der Waals surface area contributed by atoms with Gasteiger partial charge < -0.3 is 0 Å². The van der Waals surface area contributed by atoms with Crippen LogP contribution in [0.4, 0.5) is 0 Å². The summed E-state index contributed by atoms with van der Waals surface area (Å²) in [5.74, 6) is 0.910. The Morgan fingerprint density at radius 3 is 2.70 bits per heavy atom. The highest BCUT2D eigenvalue weighted by Gasteiger charge is 2.27. The topological polar surface area (TPSA) is 34.1 Å². The maximum absolute atomic E-state index is 11.8. The van der Waals surface area contributed by atoms with Crippen molar-refractivity contribution in [2.24, 2.45) is 0 Å². The summed E-state index contributed by atoms with van der Waals surface area (Å²) in [6, 6.07) is 0. The van der Waals surface area contributed by atoms with Gasteiger partial charge in [-0.25, -0.2) is 0 Å². The number of hydrogen-bond donors (Lipinski definition) is 0. The van der Waals surface area contributed by atoms with Gasteiger partial charge in [-0.1, -0.05) is 0 Å². The van der Waals surface area contributed by atoms with Gasteiger partial charge in [-0.3, -0.25) is 9.59 Å². The molecule has 0 aromatic carbocycles. The van der Waals surface area contributed by atoms with Crippen LogP contribution >= 0.6 is 34.9 Å². The normalized spacial score (nSPS) is 21.9. The second-order valence-corrected chi connectivity index (χ2v) is 8.67. The molecule has 0 bridgehead atoms. The van der Waals surface area contributed by atoms with Crippen molar-refractivity contribution in [3.63, 3.8) is 0 Å². The fourth-order valence-electron chi connectivity index (χ4n) is 2.38. The summed E-state index contributed by atoms with van der Waals surface area (Å²) in [6.07, 6.45) is 4.91. The van der Waals surface area contributed by atoms with Crippen molar-refractivity contribution in [1.82, 2.24) is 0 Å². The predicted molar refractivity (Wildman–Crippen MR) is 86.0 cm³/mol. The van der Waals surface area contributed by atoms with E-state index in [1.807, 2.05) is 34.9 Å². The molecule has 1 unspecified atom stereocenters. The monoisotopic (exact) mass is 322 g/mol. The maximum atomic E-state index is 11.8. The van der Waals surface area contributed by atoms with Gasteiger partial charge in [-0.2, -0.15) is 0 Å². The van der Waals surface area contributed by atoms with E-state index in [9.17, 15) is 9.59 Å². The molecule has 0 saturated heterocycles. The Morgan fingerprint density at radius 1 is 1.15 bits per heavy atom. The van der Waals surface area contributed by atoms with Gasteiger partial charge in [-0.15, -0.1) is 34.9 Å². The molecule has 104 valence electrons. The lowest BCUT2D eigenvalue weighted by Crippen LogP contribution is -2.16. The van der Waals surface area contributed by atoms with Gasteiger partial charge in [-0.05, 0) is 38.5 Å². The lowest BCUT2D eigenvalue weighted by molar-refractivity contribution is -0.114. The molecular weight excluding hydrogens is 308 g/mol. The molecule has 5 heteroatoms. The quantitative estimate of drug-likeness (QED) is 0.772. The molecule has 1 aromatic heterocycles. The minimum atomic E-state index is -0.0729. The Labute approximate surface area is 130 Å². The van der Waals surface area contributed by atoms with E-state index in [1.165, 1.54) is 37.8 Å². The molecule has 2 aliphatic rings. The van der Waals surface area contributed by atoms with Gasteiger partial charge in [0.05, 0.1) is 0 Å². The van der Waals surface area contributed by atoms with Crippen LogP contribution < -0.4 is 0 Å². The van der Waals surface area contributed by atoms with E-state index in [-0.39, 0.29) is 11.6 Å². The van der Waals surface area contributed by atoms with Crippen LogP contribution in [0.3, 0.4) is 0 Å². The third kappa shape index (κ3) is 2.67. The van der Waals surface area contributed by atoms with Crippen molar-refractivity contribution in [3.05, 3.63) is 33.6 Å². The van der Waals surface area contributed by atoms with Crippen molar-refractivity contribution in [2.45, 2.75) is 35.3 Å². The lowest BCUT2D eigenvalue weighted by Gasteiger charge is -2.23. The predicted octanol–water partition coefficient (Wildman–Crippen LogP) is 3.96. The Hall–Kier alpha value is -0.780. The van der Waals surface area contributed by atoms with Crippen molar-refractivity contribution in [1.29, 1.82) is 0 Å². The molecule has 1 aromatic rings. The van der Waals surface area contributed by atoms with Gasteiger partial charge in [0, 0.05) is 36.1 Å². The molecule has 20 heavy (non-hydrogen) atoms. The number of carbonyl (C=O) groups is 2. The molecule has 2 nitrogen and oxygen atoms in total.